The Labute approximate surface area is 99.3 Å². The van der Waals surface area contributed by atoms with Crippen LogP contribution in [0.25, 0.3) is 0 Å². The van der Waals surface area contributed by atoms with Crippen LogP contribution in [0.15, 0.2) is 0 Å². The molecular weight excluding hydrogens is 204 g/mol. The Morgan fingerprint density at radius 2 is 2.06 bits per heavy atom. The lowest BCUT2D eigenvalue weighted by molar-refractivity contribution is -0.145. The standard InChI is InChI=1S/C12H26N2O2/c1-5-8-11(12(15)16-7-3)13-9-10-14(4)6-2/h11,13H,5-10H2,1-4H3. The summed E-state index contributed by atoms with van der Waals surface area (Å²) in [6.45, 7) is 9.30. The summed E-state index contributed by atoms with van der Waals surface area (Å²) in [5, 5.41) is 3.25. The van der Waals surface area contributed by atoms with Gasteiger partial charge in [0.25, 0.3) is 0 Å². The van der Waals surface area contributed by atoms with Crippen molar-refractivity contribution in [2.24, 2.45) is 0 Å². The number of ether oxygens (including phenoxy) is 1. The van der Waals surface area contributed by atoms with Crippen LogP contribution >= 0.6 is 0 Å². The van der Waals surface area contributed by atoms with Crippen LogP contribution in [-0.4, -0.2) is 50.2 Å². The van der Waals surface area contributed by atoms with E-state index in [9.17, 15) is 4.79 Å². The second kappa shape index (κ2) is 9.60. The van der Waals surface area contributed by atoms with Gasteiger partial charge in [-0.15, -0.1) is 0 Å². The maximum atomic E-state index is 11.6. The number of nitrogens with zero attached hydrogens (tertiary/aromatic N) is 1. The monoisotopic (exact) mass is 230 g/mol. The van der Waals surface area contributed by atoms with E-state index in [0.29, 0.717) is 6.61 Å². The van der Waals surface area contributed by atoms with Gasteiger partial charge >= 0.3 is 5.97 Å². The number of rotatable bonds is 9. The average Bonchev–Trinajstić information content (AvgIpc) is 2.28. The quantitative estimate of drug-likeness (QED) is 0.606. The van der Waals surface area contributed by atoms with Crippen LogP contribution in [0.1, 0.15) is 33.6 Å². The Kier molecular flexibility index (Phi) is 9.24. The van der Waals surface area contributed by atoms with Crippen molar-refractivity contribution in [1.29, 1.82) is 0 Å². The van der Waals surface area contributed by atoms with Crippen LogP contribution < -0.4 is 5.32 Å². The molecule has 4 heteroatoms. The fourth-order valence-electron chi connectivity index (χ4n) is 1.42. The highest BCUT2D eigenvalue weighted by Gasteiger charge is 2.17. The van der Waals surface area contributed by atoms with Crippen molar-refractivity contribution >= 4 is 5.97 Å². The molecule has 0 fully saturated rings. The first kappa shape index (κ1) is 15.4. The minimum atomic E-state index is -0.143. The maximum Gasteiger partial charge on any atom is 0.323 e. The Morgan fingerprint density at radius 3 is 2.56 bits per heavy atom. The van der Waals surface area contributed by atoms with Gasteiger partial charge < -0.3 is 15.0 Å². The molecule has 0 aliphatic carbocycles. The topological polar surface area (TPSA) is 41.6 Å². The number of hydrogen-bond acceptors (Lipinski definition) is 4. The number of likely N-dealkylation sites (N-methyl/N-ethyl adjacent to an activating group) is 1. The van der Waals surface area contributed by atoms with Gasteiger partial charge in [-0.2, -0.15) is 0 Å². The normalized spacial score (nSPS) is 12.8. The first-order valence-electron chi connectivity index (χ1n) is 6.24. The number of carbonyl (C=O) groups excluding carboxylic acids is 1. The van der Waals surface area contributed by atoms with Gasteiger partial charge in [-0.3, -0.25) is 4.79 Å². The third-order valence-electron chi connectivity index (χ3n) is 2.57. The van der Waals surface area contributed by atoms with E-state index in [-0.39, 0.29) is 12.0 Å². The molecular formula is C12H26N2O2. The summed E-state index contributed by atoms with van der Waals surface area (Å²) in [5.41, 5.74) is 0. The molecule has 0 spiro atoms. The van der Waals surface area contributed by atoms with Crippen LogP contribution in [0, 0.1) is 0 Å². The highest BCUT2D eigenvalue weighted by molar-refractivity contribution is 5.75. The first-order chi connectivity index (χ1) is 7.65. The molecule has 0 aromatic heterocycles. The largest absolute Gasteiger partial charge is 0.465 e. The van der Waals surface area contributed by atoms with Crippen LogP contribution in [0.4, 0.5) is 0 Å². The second-order valence-corrected chi connectivity index (χ2v) is 3.94. The van der Waals surface area contributed by atoms with Gasteiger partial charge in [0.15, 0.2) is 0 Å². The van der Waals surface area contributed by atoms with Crippen LogP contribution in [0.5, 0.6) is 0 Å². The van der Waals surface area contributed by atoms with Gasteiger partial charge in [-0.1, -0.05) is 20.3 Å². The van der Waals surface area contributed by atoms with E-state index in [1.807, 2.05) is 6.92 Å². The molecule has 0 saturated heterocycles. The number of hydrogen-bond donors (Lipinski definition) is 1. The molecule has 0 heterocycles. The SMILES string of the molecule is CCCC(NCCN(C)CC)C(=O)OCC. The summed E-state index contributed by atoms with van der Waals surface area (Å²) < 4.78 is 5.03. The minimum absolute atomic E-state index is 0.122. The highest BCUT2D eigenvalue weighted by atomic mass is 16.5. The Morgan fingerprint density at radius 1 is 1.38 bits per heavy atom. The molecule has 1 N–H and O–H groups in total. The molecule has 0 rings (SSSR count). The summed E-state index contributed by atoms with van der Waals surface area (Å²) in [7, 11) is 2.07. The van der Waals surface area contributed by atoms with Crippen molar-refractivity contribution in [2.45, 2.75) is 39.7 Å². The summed E-state index contributed by atoms with van der Waals surface area (Å²) in [6, 6.07) is -0.143. The fraction of sp³-hybridized carbons (Fsp3) is 0.917. The molecule has 16 heavy (non-hydrogen) atoms. The summed E-state index contributed by atoms with van der Waals surface area (Å²) in [4.78, 5) is 13.8. The van der Waals surface area contributed by atoms with Crippen molar-refractivity contribution in [3.05, 3.63) is 0 Å². The molecule has 4 nitrogen and oxygen atoms in total. The summed E-state index contributed by atoms with van der Waals surface area (Å²) in [6.07, 6.45) is 1.83. The summed E-state index contributed by atoms with van der Waals surface area (Å²) in [5.74, 6) is -0.122. The highest BCUT2D eigenvalue weighted by Crippen LogP contribution is 1.99. The molecule has 0 aromatic carbocycles. The lowest BCUT2D eigenvalue weighted by atomic mass is 10.1. The van der Waals surface area contributed by atoms with Gasteiger partial charge in [-0.05, 0) is 26.9 Å². The third kappa shape index (κ3) is 6.80. The van der Waals surface area contributed by atoms with E-state index < -0.39 is 0 Å². The Balaban J connectivity index is 3.88. The minimum Gasteiger partial charge on any atom is -0.465 e. The van der Waals surface area contributed by atoms with Crippen molar-refractivity contribution in [3.8, 4) is 0 Å². The van der Waals surface area contributed by atoms with Gasteiger partial charge in [0, 0.05) is 13.1 Å². The molecule has 1 unspecified atom stereocenters. The summed E-state index contributed by atoms with van der Waals surface area (Å²) >= 11 is 0. The van der Waals surface area contributed by atoms with E-state index in [2.05, 4.69) is 31.1 Å². The molecule has 0 aliphatic heterocycles. The van der Waals surface area contributed by atoms with Crippen molar-refractivity contribution in [1.82, 2.24) is 10.2 Å². The predicted octanol–water partition coefficient (Wildman–Crippen LogP) is 1.26. The zero-order chi connectivity index (χ0) is 12.4. The van der Waals surface area contributed by atoms with E-state index >= 15 is 0 Å². The number of nitrogens with one attached hydrogen (secondary N) is 1. The molecule has 0 radical (unpaired) electrons. The third-order valence-corrected chi connectivity index (χ3v) is 2.57. The Bertz CT molecular complexity index is 186. The van der Waals surface area contributed by atoms with E-state index in [4.69, 9.17) is 4.74 Å². The van der Waals surface area contributed by atoms with Gasteiger partial charge in [0.05, 0.1) is 6.61 Å². The first-order valence-corrected chi connectivity index (χ1v) is 6.24. The lowest BCUT2D eigenvalue weighted by Gasteiger charge is -2.19. The zero-order valence-corrected chi connectivity index (χ0v) is 11.1. The molecule has 1 atom stereocenters. The van der Waals surface area contributed by atoms with Crippen LogP contribution in [-0.2, 0) is 9.53 Å². The number of carbonyl (C=O) groups is 1. The fourth-order valence-corrected chi connectivity index (χ4v) is 1.42. The maximum absolute atomic E-state index is 11.6. The molecule has 0 saturated carbocycles. The average molecular weight is 230 g/mol. The van der Waals surface area contributed by atoms with E-state index in [1.54, 1.807) is 0 Å². The van der Waals surface area contributed by atoms with Crippen molar-refractivity contribution < 1.29 is 9.53 Å². The van der Waals surface area contributed by atoms with Crippen molar-refractivity contribution in [2.75, 3.05) is 33.3 Å². The van der Waals surface area contributed by atoms with Crippen molar-refractivity contribution in [3.63, 3.8) is 0 Å². The Hall–Kier alpha value is -0.610. The van der Waals surface area contributed by atoms with E-state index in [0.717, 1.165) is 32.5 Å². The zero-order valence-electron chi connectivity index (χ0n) is 11.1. The van der Waals surface area contributed by atoms with Gasteiger partial charge in [0.1, 0.15) is 6.04 Å². The molecule has 0 aliphatic rings. The van der Waals surface area contributed by atoms with Gasteiger partial charge in [-0.25, -0.2) is 0 Å². The molecule has 0 bridgehead atoms. The van der Waals surface area contributed by atoms with Crippen LogP contribution in [0.3, 0.4) is 0 Å². The smallest absolute Gasteiger partial charge is 0.323 e. The second-order valence-electron chi connectivity index (χ2n) is 3.94. The molecule has 96 valence electrons. The predicted molar refractivity (Wildman–Crippen MR) is 66.5 cm³/mol. The van der Waals surface area contributed by atoms with Crippen LogP contribution in [0.2, 0.25) is 0 Å². The number of esters is 1. The van der Waals surface area contributed by atoms with Gasteiger partial charge in [0.2, 0.25) is 0 Å². The van der Waals surface area contributed by atoms with E-state index in [1.165, 1.54) is 0 Å². The molecule has 0 aromatic rings. The molecule has 0 amide bonds. The lowest BCUT2D eigenvalue weighted by Crippen LogP contribution is -2.41.